The zero-order chi connectivity index (χ0) is 17.9. The zero-order valence-corrected chi connectivity index (χ0v) is 13.8. The van der Waals surface area contributed by atoms with Gasteiger partial charge in [-0.2, -0.15) is 0 Å². The molecular formula is C17H20FNO5. The first kappa shape index (κ1) is 17.9. The second kappa shape index (κ2) is 6.98. The Morgan fingerprint density at radius 1 is 1.25 bits per heavy atom. The fourth-order valence-corrected chi connectivity index (χ4v) is 2.25. The van der Waals surface area contributed by atoms with Gasteiger partial charge in [-0.3, -0.25) is 9.69 Å². The second-order valence-corrected chi connectivity index (χ2v) is 6.51. The zero-order valence-electron chi connectivity index (χ0n) is 13.8. The minimum absolute atomic E-state index is 0.0702. The van der Waals surface area contributed by atoms with Crippen LogP contribution >= 0.6 is 0 Å². The van der Waals surface area contributed by atoms with Crippen LogP contribution in [0.4, 0.5) is 9.18 Å². The summed E-state index contributed by atoms with van der Waals surface area (Å²) in [7, 11) is 0. The van der Waals surface area contributed by atoms with Crippen LogP contribution in [0.3, 0.4) is 0 Å². The van der Waals surface area contributed by atoms with Crippen LogP contribution in [-0.4, -0.2) is 47.1 Å². The van der Waals surface area contributed by atoms with E-state index in [-0.39, 0.29) is 6.61 Å². The number of ether oxygens (including phenoxy) is 2. The molecule has 0 aliphatic carbocycles. The number of nitrogens with zero attached hydrogens (tertiary/aromatic N) is 1. The highest BCUT2D eigenvalue weighted by Crippen LogP contribution is 2.23. The van der Waals surface area contributed by atoms with Gasteiger partial charge in [-0.15, -0.1) is 0 Å². The fraction of sp³-hybridized carbons (Fsp3) is 0.471. The summed E-state index contributed by atoms with van der Waals surface area (Å²) in [5.41, 5.74) is -0.109. The first-order valence-corrected chi connectivity index (χ1v) is 7.56. The van der Waals surface area contributed by atoms with E-state index in [0.29, 0.717) is 0 Å². The summed E-state index contributed by atoms with van der Waals surface area (Å²) in [6.07, 6.45) is -3.03. The molecule has 1 aromatic carbocycles. The summed E-state index contributed by atoms with van der Waals surface area (Å²) in [6.45, 7) is 4.33. The van der Waals surface area contributed by atoms with Crippen molar-refractivity contribution in [1.82, 2.24) is 4.90 Å². The van der Waals surface area contributed by atoms with E-state index in [4.69, 9.17) is 9.47 Å². The van der Waals surface area contributed by atoms with E-state index in [1.54, 1.807) is 45.0 Å². The molecule has 130 valence electrons. The van der Waals surface area contributed by atoms with Gasteiger partial charge in [0.25, 0.3) is 0 Å². The number of halogens is 1. The maximum absolute atomic E-state index is 14.1. The predicted molar refractivity (Wildman–Crippen MR) is 82.9 cm³/mol. The molecule has 6 nitrogen and oxygen atoms in total. The Bertz CT molecular complexity index is 626. The summed E-state index contributed by atoms with van der Waals surface area (Å²) < 4.78 is 24.3. The molecule has 0 bridgehead atoms. The third-order valence-corrected chi connectivity index (χ3v) is 3.34. The Balaban J connectivity index is 2.07. The van der Waals surface area contributed by atoms with Crippen LogP contribution in [0, 0.1) is 0 Å². The largest absolute Gasteiger partial charge is 0.459 e. The number of hydrogen-bond acceptors (Lipinski definition) is 5. The van der Waals surface area contributed by atoms with Crippen LogP contribution in [0.2, 0.25) is 0 Å². The van der Waals surface area contributed by atoms with E-state index in [1.165, 1.54) is 0 Å². The number of ketones is 1. The average molecular weight is 337 g/mol. The molecule has 2 atom stereocenters. The minimum atomic E-state index is -2.11. The maximum atomic E-state index is 14.1. The van der Waals surface area contributed by atoms with Gasteiger partial charge in [-0.05, 0) is 26.3 Å². The van der Waals surface area contributed by atoms with Gasteiger partial charge in [-0.25, -0.2) is 14.0 Å². The molecule has 1 fully saturated rings. The van der Waals surface area contributed by atoms with Gasteiger partial charge >= 0.3 is 12.1 Å². The standard InChI is InChI=1S/C17H20FNO5/c1-17(2,3)24-16(22)19-9-12(20)13(18)14(19)15(21)23-10-11-7-5-4-6-8-11/h4-8,13-14H,9-10H2,1-3H3. The van der Waals surface area contributed by atoms with E-state index >= 15 is 0 Å². The molecule has 1 amide bonds. The normalized spacial score (nSPS) is 20.8. The van der Waals surface area contributed by atoms with E-state index < -0.39 is 42.2 Å². The van der Waals surface area contributed by atoms with E-state index in [1.807, 2.05) is 6.07 Å². The Morgan fingerprint density at radius 3 is 2.46 bits per heavy atom. The second-order valence-electron chi connectivity index (χ2n) is 6.51. The molecule has 1 saturated heterocycles. The molecule has 2 unspecified atom stereocenters. The number of carbonyl (C=O) groups excluding carboxylic acids is 3. The van der Waals surface area contributed by atoms with Crippen LogP contribution in [0.25, 0.3) is 0 Å². The van der Waals surface area contributed by atoms with Crippen LogP contribution in [-0.2, 0) is 25.7 Å². The molecule has 0 spiro atoms. The SMILES string of the molecule is CC(C)(C)OC(=O)N1CC(=O)C(F)C1C(=O)OCc1ccccc1. The molecule has 0 radical (unpaired) electrons. The lowest BCUT2D eigenvalue weighted by atomic mass is 10.2. The van der Waals surface area contributed by atoms with Crippen molar-refractivity contribution in [2.45, 2.75) is 45.2 Å². The lowest BCUT2D eigenvalue weighted by Gasteiger charge is -2.27. The minimum Gasteiger partial charge on any atom is -0.459 e. The topological polar surface area (TPSA) is 72.9 Å². The molecule has 0 saturated carbocycles. The molecule has 1 aromatic rings. The van der Waals surface area contributed by atoms with E-state index in [0.717, 1.165) is 10.5 Å². The quantitative estimate of drug-likeness (QED) is 0.791. The third-order valence-electron chi connectivity index (χ3n) is 3.34. The Morgan fingerprint density at radius 2 is 1.88 bits per heavy atom. The van der Waals surface area contributed by atoms with Gasteiger partial charge < -0.3 is 9.47 Å². The first-order chi connectivity index (χ1) is 11.2. The van der Waals surface area contributed by atoms with Crippen molar-refractivity contribution in [3.63, 3.8) is 0 Å². The number of benzene rings is 1. The summed E-state index contributed by atoms with van der Waals surface area (Å²) in [4.78, 5) is 36.7. The van der Waals surface area contributed by atoms with Crippen molar-refractivity contribution < 1.29 is 28.2 Å². The number of rotatable bonds is 3. The van der Waals surface area contributed by atoms with Gasteiger partial charge in [0.15, 0.2) is 18.0 Å². The van der Waals surface area contributed by atoms with Gasteiger partial charge in [0, 0.05) is 0 Å². The Labute approximate surface area is 139 Å². The first-order valence-electron chi connectivity index (χ1n) is 7.56. The highest BCUT2D eigenvalue weighted by atomic mass is 19.1. The lowest BCUT2D eigenvalue weighted by molar-refractivity contribution is -0.152. The summed E-state index contributed by atoms with van der Waals surface area (Å²) in [5.74, 6) is -1.81. The van der Waals surface area contributed by atoms with Crippen LogP contribution < -0.4 is 0 Å². The third kappa shape index (κ3) is 4.31. The molecule has 0 aromatic heterocycles. The van der Waals surface area contributed by atoms with Crippen molar-refractivity contribution >= 4 is 17.8 Å². The Hall–Kier alpha value is -2.44. The van der Waals surface area contributed by atoms with Gasteiger partial charge in [-0.1, -0.05) is 30.3 Å². The summed E-state index contributed by atoms with van der Waals surface area (Å²) in [5, 5.41) is 0. The monoisotopic (exact) mass is 337 g/mol. The molecule has 0 N–H and O–H groups in total. The lowest BCUT2D eigenvalue weighted by Crippen LogP contribution is -2.46. The average Bonchev–Trinajstić information content (AvgIpc) is 2.80. The molecule has 1 aliphatic rings. The number of hydrogen-bond donors (Lipinski definition) is 0. The predicted octanol–water partition coefficient (Wildman–Crippen LogP) is 2.26. The number of amides is 1. The van der Waals surface area contributed by atoms with E-state index in [2.05, 4.69) is 0 Å². The number of alkyl halides is 1. The van der Waals surface area contributed by atoms with Crippen molar-refractivity contribution in [2.24, 2.45) is 0 Å². The fourth-order valence-electron chi connectivity index (χ4n) is 2.25. The van der Waals surface area contributed by atoms with Gasteiger partial charge in [0.2, 0.25) is 0 Å². The number of carbonyl (C=O) groups is 3. The van der Waals surface area contributed by atoms with Crippen molar-refractivity contribution in [1.29, 1.82) is 0 Å². The molecule has 24 heavy (non-hydrogen) atoms. The smallest absolute Gasteiger partial charge is 0.411 e. The van der Waals surface area contributed by atoms with Crippen LogP contribution in [0.15, 0.2) is 30.3 Å². The molecule has 2 rings (SSSR count). The van der Waals surface area contributed by atoms with Crippen molar-refractivity contribution in [3.8, 4) is 0 Å². The van der Waals surface area contributed by atoms with Crippen LogP contribution in [0.1, 0.15) is 26.3 Å². The van der Waals surface area contributed by atoms with Gasteiger partial charge in [0.1, 0.15) is 12.2 Å². The van der Waals surface area contributed by atoms with E-state index in [9.17, 15) is 18.8 Å². The molecule has 7 heteroatoms. The molecular weight excluding hydrogens is 317 g/mol. The maximum Gasteiger partial charge on any atom is 0.411 e. The highest BCUT2D eigenvalue weighted by molar-refractivity contribution is 5.99. The van der Waals surface area contributed by atoms with Crippen molar-refractivity contribution in [2.75, 3.05) is 6.54 Å². The highest BCUT2D eigenvalue weighted by Gasteiger charge is 2.50. The summed E-state index contributed by atoms with van der Waals surface area (Å²) in [6, 6.07) is 7.22. The number of Topliss-reactive ketones (excluding diaryl/α,β-unsaturated/α-hetero) is 1. The van der Waals surface area contributed by atoms with Gasteiger partial charge in [0.05, 0.1) is 6.54 Å². The summed E-state index contributed by atoms with van der Waals surface area (Å²) >= 11 is 0. The number of likely N-dealkylation sites (tertiary alicyclic amines) is 1. The van der Waals surface area contributed by atoms with Crippen LogP contribution in [0.5, 0.6) is 0 Å². The molecule has 1 aliphatic heterocycles. The van der Waals surface area contributed by atoms with Crippen molar-refractivity contribution in [3.05, 3.63) is 35.9 Å². The Kier molecular flexibility index (Phi) is 5.21. The molecule has 1 heterocycles. The number of esters is 1.